The molecule has 1 unspecified atom stereocenters. The molecule has 0 radical (unpaired) electrons. The minimum absolute atomic E-state index is 0.252. The van der Waals surface area contributed by atoms with Crippen LogP contribution in [-0.2, 0) is 4.79 Å². The zero-order valence-corrected chi connectivity index (χ0v) is 9.64. The average Bonchev–Trinajstić information content (AvgIpc) is 2.27. The number of isocyanates is 1. The first-order valence-corrected chi connectivity index (χ1v) is 5.36. The monoisotopic (exact) mass is 283 g/mol. The van der Waals surface area contributed by atoms with Crippen LogP contribution in [0.4, 0.5) is 13.2 Å². The van der Waals surface area contributed by atoms with Gasteiger partial charge in [0.1, 0.15) is 5.75 Å². The van der Waals surface area contributed by atoms with Crippen molar-refractivity contribution in [2.24, 2.45) is 4.40 Å². The van der Waals surface area contributed by atoms with Crippen molar-refractivity contribution in [1.82, 2.24) is 0 Å². The Balaban J connectivity index is 2.71. The molecule has 0 bridgehead atoms. The molecule has 1 aromatic carbocycles. The standard InChI is InChI=1S/C9H5ClF3NO2S/c10-8(11)9(12,13)16-6-1-3-7(4-2-6)17-14-5-15/h1-4,8H. The lowest BCUT2D eigenvalue weighted by Gasteiger charge is -2.17. The topological polar surface area (TPSA) is 38.7 Å². The van der Waals surface area contributed by atoms with Crippen LogP contribution in [0.5, 0.6) is 5.75 Å². The zero-order chi connectivity index (χ0) is 12.9. The summed E-state index contributed by atoms with van der Waals surface area (Å²) in [4.78, 5) is 10.3. The van der Waals surface area contributed by atoms with Crippen LogP contribution in [0.3, 0.4) is 0 Å². The molecule has 8 heteroatoms. The van der Waals surface area contributed by atoms with Gasteiger partial charge in [0.25, 0.3) is 5.63 Å². The van der Waals surface area contributed by atoms with Crippen molar-refractivity contribution >= 4 is 29.6 Å². The summed E-state index contributed by atoms with van der Waals surface area (Å²) in [5, 5.41) is 0. The molecule has 1 atom stereocenters. The molecule has 0 aliphatic heterocycles. The highest BCUT2D eigenvalue weighted by atomic mass is 35.5. The highest BCUT2D eigenvalue weighted by Gasteiger charge is 2.42. The van der Waals surface area contributed by atoms with E-state index in [-0.39, 0.29) is 5.75 Å². The van der Waals surface area contributed by atoms with Crippen LogP contribution in [0.2, 0.25) is 0 Å². The molecule has 0 saturated carbocycles. The van der Waals surface area contributed by atoms with E-state index in [0.717, 1.165) is 11.9 Å². The molecule has 0 fully saturated rings. The van der Waals surface area contributed by atoms with E-state index >= 15 is 0 Å². The van der Waals surface area contributed by atoms with Crippen molar-refractivity contribution in [2.45, 2.75) is 16.6 Å². The normalized spacial score (nSPS) is 12.7. The molecule has 92 valence electrons. The molecule has 17 heavy (non-hydrogen) atoms. The van der Waals surface area contributed by atoms with Gasteiger partial charge < -0.3 is 4.74 Å². The van der Waals surface area contributed by atoms with Crippen LogP contribution in [0.15, 0.2) is 33.6 Å². The van der Waals surface area contributed by atoms with Crippen LogP contribution >= 0.6 is 23.5 Å². The minimum atomic E-state index is -4.10. The number of rotatable bonds is 5. The van der Waals surface area contributed by atoms with Gasteiger partial charge in [-0.1, -0.05) is 11.6 Å². The quantitative estimate of drug-likeness (QED) is 0.359. The summed E-state index contributed by atoms with van der Waals surface area (Å²) in [6.07, 6.45) is -2.80. The summed E-state index contributed by atoms with van der Waals surface area (Å²) >= 11 is 5.43. The van der Waals surface area contributed by atoms with Gasteiger partial charge in [-0.2, -0.15) is 8.78 Å². The first-order chi connectivity index (χ1) is 7.95. The van der Waals surface area contributed by atoms with Crippen molar-refractivity contribution in [3.63, 3.8) is 0 Å². The van der Waals surface area contributed by atoms with Gasteiger partial charge in [-0.25, -0.2) is 9.18 Å². The Kier molecular flexibility index (Phi) is 4.86. The number of hydrogen-bond acceptors (Lipinski definition) is 4. The molecule has 0 aromatic heterocycles. The van der Waals surface area contributed by atoms with Crippen LogP contribution < -0.4 is 4.74 Å². The largest absolute Gasteiger partial charge is 0.444 e. The maximum absolute atomic E-state index is 12.7. The van der Waals surface area contributed by atoms with Crippen LogP contribution in [0.1, 0.15) is 0 Å². The maximum Gasteiger partial charge on any atom is 0.444 e. The first-order valence-electron chi connectivity index (χ1n) is 4.15. The molecule has 0 amide bonds. The summed E-state index contributed by atoms with van der Waals surface area (Å²) in [6, 6.07) is 5.10. The fourth-order valence-electron chi connectivity index (χ4n) is 0.842. The van der Waals surface area contributed by atoms with E-state index in [2.05, 4.69) is 20.7 Å². The first kappa shape index (κ1) is 13.9. The third kappa shape index (κ3) is 4.30. The fraction of sp³-hybridized carbons (Fsp3) is 0.222. The number of benzene rings is 1. The van der Waals surface area contributed by atoms with Gasteiger partial charge in [0.2, 0.25) is 6.08 Å². The van der Waals surface area contributed by atoms with Gasteiger partial charge >= 0.3 is 6.11 Å². The SMILES string of the molecule is O=C=NSc1ccc(OC(F)(F)C(F)Cl)cc1. The minimum Gasteiger partial charge on any atom is -0.429 e. The second-order valence-corrected chi connectivity index (χ2v) is 3.93. The van der Waals surface area contributed by atoms with Gasteiger partial charge in [0.05, 0.1) is 0 Å². The Morgan fingerprint density at radius 3 is 2.47 bits per heavy atom. The fourth-order valence-corrected chi connectivity index (χ4v) is 1.29. The predicted molar refractivity (Wildman–Crippen MR) is 56.7 cm³/mol. The molecule has 1 rings (SSSR count). The van der Waals surface area contributed by atoms with Crippen molar-refractivity contribution in [1.29, 1.82) is 0 Å². The van der Waals surface area contributed by atoms with Gasteiger partial charge in [0.15, 0.2) is 0 Å². The van der Waals surface area contributed by atoms with E-state index < -0.39 is 11.7 Å². The Bertz CT molecular complexity index is 421. The van der Waals surface area contributed by atoms with Gasteiger partial charge in [-0.15, -0.1) is 4.40 Å². The number of hydrogen-bond donors (Lipinski definition) is 0. The molecule has 0 saturated heterocycles. The molecular formula is C9H5ClF3NO2S. The Labute approximate surface area is 104 Å². The van der Waals surface area contributed by atoms with Crippen molar-refractivity contribution < 1.29 is 22.7 Å². The van der Waals surface area contributed by atoms with Crippen LogP contribution in [0, 0.1) is 0 Å². The highest BCUT2D eigenvalue weighted by molar-refractivity contribution is 7.98. The Morgan fingerprint density at radius 1 is 1.41 bits per heavy atom. The van der Waals surface area contributed by atoms with Crippen LogP contribution in [-0.4, -0.2) is 17.8 Å². The lowest BCUT2D eigenvalue weighted by Crippen LogP contribution is -2.32. The third-order valence-electron chi connectivity index (χ3n) is 1.52. The maximum atomic E-state index is 12.7. The summed E-state index contributed by atoms with van der Waals surface area (Å²) in [6.45, 7) is 0. The number of halogens is 4. The molecule has 1 aromatic rings. The molecule has 0 N–H and O–H groups in total. The summed E-state index contributed by atoms with van der Waals surface area (Å²) < 4.78 is 45.0. The molecular weight excluding hydrogens is 279 g/mol. The van der Waals surface area contributed by atoms with Crippen molar-refractivity contribution in [3.05, 3.63) is 24.3 Å². The van der Waals surface area contributed by atoms with E-state index in [1.54, 1.807) is 0 Å². The van der Waals surface area contributed by atoms with Crippen LogP contribution in [0.25, 0.3) is 0 Å². The molecule has 0 aliphatic rings. The van der Waals surface area contributed by atoms with E-state index in [9.17, 15) is 18.0 Å². The number of alkyl halides is 4. The lowest BCUT2D eigenvalue weighted by molar-refractivity contribution is -0.199. The number of nitrogens with zero attached hydrogens (tertiary/aromatic N) is 1. The van der Waals surface area contributed by atoms with E-state index in [4.69, 9.17) is 0 Å². The summed E-state index contributed by atoms with van der Waals surface area (Å²) in [5.74, 6) is -0.252. The summed E-state index contributed by atoms with van der Waals surface area (Å²) in [7, 11) is 0. The van der Waals surface area contributed by atoms with Crippen molar-refractivity contribution in [2.75, 3.05) is 0 Å². The smallest absolute Gasteiger partial charge is 0.429 e. The van der Waals surface area contributed by atoms with Gasteiger partial charge in [-0.3, -0.25) is 0 Å². The second kappa shape index (κ2) is 5.95. The zero-order valence-electron chi connectivity index (χ0n) is 8.07. The lowest BCUT2D eigenvalue weighted by atomic mass is 10.3. The van der Waals surface area contributed by atoms with E-state index in [0.29, 0.717) is 4.90 Å². The highest BCUT2D eigenvalue weighted by Crippen LogP contribution is 2.30. The number of carbonyl (C=O) groups excluding carboxylic acids is 1. The van der Waals surface area contributed by atoms with Gasteiger partial charge in [-0.05, 0) is 24.3 Å². The average molecular weight is 284 g/mol. The molecule has 0 heterocycles. The van der Waals surface area contributed by atoms with E-state index in [1.165, 1.54) is 30.3 Å². The summed E-state index contributed by atoms with van der Waals surface area (Å²) in [5.41, 5.74) is -2.93. The van der Waals surface area contributed by atoms with E-state index in [1.807, 2.05) is 0 Å². The van der Waals surface area contributed by atoms with Crippen molar-refractivity contribution in [3.8, 4) is 5.75 Å². The molecule has 3 nitrogen and oxygen atoms in total. The predicted octanol–water partition coefficient (Wildman–Crippen LogP) is 3.54. The Morgan fingerprint density at radius 2 is 2.00 bits per heavy atom. The number of ether oxygens (including phenoxy) is 1. The molecule has 0 aliphatic carbocycles. The molecule has 0 spiro atoms. The van der Waals surface area contributed by atoms with Gasteiger partial charge in [0, 0.05) is 16.8 Å². The Hall–Kier alpha value is -1.17. The third-order valence-corrected chi connectivity index (χ3v) is 2.42. The second-order valence-electron chi connectivity index (χ2n) is 2.71.